The van der Waals surface area contributed by atoms with Gasteiger partial charge in [-0.15, -0.1) is 0 Å². The molecule has 5 nitrogen and oxygen atoms in total. The summed E-state index contributed by atoms with van der Waals surface area (Å²) in [6.07, 6.45) is 0. The zero-order valence-electron chi connectivity index (χ0n) is 14.8. The number of nitrogens with zero attached hydrogens (tertiary/aromatic N) is 1. The molecule has 0 fully saturated rings. The van der Waals surface area contributed by atoms with Crippen LogP contribution in [0.3, 0.4) is 0 Å². The van der Waals surface area contributed by atoms with E-state index in [0.717, 1.165) is 5.56 Å². The highest BCUT2D eigenvalue weighted by Gasteiger charge is 2.14. The van der Waals surface area contributed by atoms with Gasteiger partial charge in [0.05, 0.1) is 18.8 Å². The van der Waals surface area contributed by atoms with E-state index < -0.39 is 11.7 Å². The van der Waals surface area contributed by atoms with E-state index in [2.05, 4.69) is 10.6 Å². The summed E-state index contributed by atoms with van der Waals surface area (Å²) in [5, 5.41) is 5.46. The van der Waals surface area contributed by atoms with E-state index in [1.165, 1.54) is 30.3 Å². The SMILES string of the molecule is CCN(CC(=O)NCc1ccc(F)cc1)CC(=O)Nc1cc(Cl)ccc1F. The van der Waals surface area contributed by atoms with E-state index in [1.807, 2.05) is 0 Å². The van der Waals surface area contributed by atoms with Crippen LogP contribution in [-0.4, -0.2) is 36.3 Å². The number of carbonyl (C=O) groups excluding carboxylic acids is 2. The first kappa shape index (κ1) is 20.8. The lowest BCUT2D eigenvalue weighted by molar-refractivity contribution is -0.123. The summed E-state index contributed by atoms with van der Waals surface area (Å²) in [7, 11) is 0. The minimum absolute atomic E-state index is 0.00312. The summed E-state index contributed by atoms with van der Waals surface area (Å²) >= 11 is 5.79. The minimum Gasteiger partial charge on any atom is -0.351 e. The van der Waals surface area contributed by atoms with Crippen molar-refractivity contribution in [2.24, 2.45) is 0 Å². The fourth-order valence-corrected chi connectivity index (χ4v) is 2.50. The standard InChI is InChI=1S/C19H20ClF2N3O2/c1-2-25(11-18(26)23-10-13-3-6-15(21)7-4-13)12-19(27)24-17-9-14(20)5-8-16(17)22/h3-9H,2,10-12H2,1H3,(H,23,26)(H,24,27). The van der Waals surface area contributed by atoms with Crippen molar-refractivity contribution < 1.29 is 18.4 Å². The Kier molecular flexibility index (Phi) is 7.69. The molecular formula is C19H20ClF2N3O2. The Balaban J connectivity index is 1.83. The molecule has 0 saturated carbocycles. The van der Waals surface area contributed by atoms with Gasteiger partial charge < -0.3 is 10.6 Å². The van der Waals surface area contributed by atoms with Crippen molar-refractivity contribution in [2.45, 2.75) is 13.5 Å². The number of benzene rings is 2. The highest BCUT2D eigenvalue weighted by molar-refractivity contribution is 6.30. The fourth-order valence-electron chi connectivity index (χ4n) is 2.33. The molecule has 2 amide bonds. The number of likely N-dealkylation sites (N-methyl/N-ethyl adjacent to an activating group) is 1. The summed E-state index contributed by atoms with van der Waals surface area (Å²) in [5.41, 5.74) is 0.756. The maximum Gasteiger partial charge on any atom is 0.238 e. The predicted octanol–water partition coefficient (Wildman–Crippen LogP) is 3.20. The Morgan fingerprint density at radius 3 is 2.37 bits per heavy atom. The monoisotopic (exact) mass is 395 g/mol. The van der Waals surface area contributed by atoms with Crippen molar-refractivity contribution in [1.29, 1.82) is 0 Å². The van der Waals surface area contributed by atoms with Crippen LogP contribution in [0, 0.1) is 11.6 Å². The molecule has 0 heterocycles. The lowest BCUT2D eigenvalue weighted by atomic mass is 10.2. The van der Waals surface area contributed by atoms with E-state index in [9.17, 15) is 18.4 Å². The van der Waals surface area contributed by atoms with Crippen LogP contribution in [-0.2, 0) is 16.1 Å². The molecule has 0 bridgehead atoms. The molecule has 8 heteroatoms. The number of halogens is 3. The molecule has 0 saturated heterocycles. The minimum atomic E-state index is -0.590. The van der Waals surface area contributed by atoms with Crippen molar-refractivity contribution >= 4 is 29.1 Å². The predicted molar refractivity (Wildman–Crippen MR) is 100 cm³/mol. The molecule has 0 radical (unpaired) electrons. The molecule has 0 aromatic heterocycles. The van der Waals surface area contributed by atoms with E-state index in [1.54, 1.807) is 24.0 Å². The van der Waals surface area contributed by atoms with Gasteiger partial charge in [-0.2, -0.15) is 0 Å². The van der Waals surface area contributed by atoms with Crippen LogP contribution < -0.4 is 10.6 Å². The van der Waals surface area contributed by atoms with Gasteiger partial charge in [0, 0.05) is 11.6 Å². The highest BCUT2D eigenvalue weighted by atomic mass is 35.5. The summed E-state index contributed by atoms with van der Waals surface area (Å²) < 4.78 is 26.5. The molecule has 0 aliphatic carbocycles. The molecule has 27 heavy (non-hydrogen) atoms. The van der Waals surface area contributed by atoms with Crippen molar-refractivity contribution in [3.05, 3.63) is 64.7 Å². The Bertz CT molecular complexity index is 800. The van der Waals surface area contributed by atoms with Gasteiger partial charge in [-0.1, -0.05) is 30.7 Å². The highest BCUT2D eigenvalue weighted by Crippen LogP contribution is 2.19. The molecular weight excluding hydrogens is 376 g/mol. The Morgan fingerprint density at radius 1 is 1.04 bits per heavy atom. The normalized spacial score (nSPS) is 10.7. The van der Waals surface area contributed by atoms with Gasteiger partial charge in [-0.05, 0) is 42.4 Å². The lowest BCUT2D eigenvalue weighted by Gasteiger charge is -2.19. The van der Waals surface area contributed by atoms with Crippen molar-refractivity contribution in [3.8, 4) is 0 Å². The molecule has 2 rings (SSSR count). The molecule has 0 unspecified atom stereocenters. The van der Waals surface area contributed by atoms with Crippen LogP contribution in [0.25, 0.3) is 0 Å². The molecule has 2 N–H and O–H groups in total. The second-order valence-electron chi connectivity index (χ2n) is 5.88. The average Bonchev–Trinajstić information content (AvgIpc) is 2.63. The number of anilines is 1. The molecule has 0 aliphatic rings. The topological polar surface area (TPSA) is 61.4 Å². The lowest BCUT2D eigenvalue weighted by Crippen LogP contribution is -2.40. The summed E-state index contributed by atoms with van der Waals surface area (Å²) in [6.45, 7) is 2.45. The van der Waals surface area contributed by atoms with E-state index in [4.69, 9.17) is 11.6 Å². The fraction of sp³-hybridized carbons (Fsp3) is 0.263. The average molecular weight is 396 g/mol. The first-order valence-corrected chi connectivity index (χ1v) is 8.73. The Morgan fingerprint density at radius 2 is 1.70 bits per heavy atom. The van der Waals surface area contributed by atoms with Gasteiger partial charge in [-0.3, -0.25) is 14.5 Å². The first-order valence-electron chi connectivity index (χ1n) is 8.35. The molecule has 144 valence electrons. The molecule has 0 aliphatic heterocycles. The van der Waals surface area contributed by atoms with Crippen LogP contribution in [0.4, 0.5) is 14.5 Å². The summed E-state index contributed by atoms with van der Waals surface area (Å²) in [6, 6.07) is 9.67. The maximum atomic E-state index is 13.7. The molecule has 2 aromatic rings. The molecule has 2 aromatic carbocycles. The van der Waals surface area contributed by atoms with Gasteiger partial charge in [0.2, 0.25) is 11.8 Å². The van der Waals surface area contributed by atoms with Gasteiger partial charge in [0.25, 0.3) is 0 Å². The van der Waals surface area contributed by atoms with E-state index >= 15 is 0 Å². The maximum absolute atomic E-state index is 13.7. The zero-order chi connectivity index (χ0) is 19.8. The van der Waals surface area contributed by atoms with E-state index in [0.29, 0.717) is 11.6 Å². The van der Waals surface area contributed by atoms with Gasteiger partial charge in [0.15, 0.2) is 0 Å². The summed E-state index contributed by atoms with van der Waals surface area (Å²) in [5.74, 6) is -1.66. The number of hydrogen-bond donors (Lipinski definition) is 2. The van der Waals surface area contributed by atoms with Gasteiger partial charge in [-0.25, -0.2) is 8.78 Å². The molecule has 0 spiro atoms. The Labute approximate surface area is 161 Å². The third-order valence-electron chi connectivity index (χ3n) is 3.79. The largest absolute Gasteiger partial charge is 0.351 e. The number of nitrogens with one attached hydrogen (secondary N) is 2. The van der Waals surface area contributed by atoms with Crippen LogP contribution in [0.2, 0.25) is 5.02 Å². The Hall–Kier alpha value is -2.51. The van der Waals surface area contributed by atoms with Gasteiger partial charge in [0.1, 0.15) is 11.6 Å². The number of rotatable bonds is 8. The summed E-state index contributed by atoms with van der Waals surface area (Å²) in [4.78, 5) is 25.8. The van der Waals surface area contributed by atoms with Crippen LogP contribution in [0.5, 0.6) is 0 Å². The van der Waals surface area contributed by atoms with Crippen LogP contribution >= 0.6 is 11.6 Å². The van der Waals surface area contributed by atoms with Crippen molar-refractivity contribution in [3.63, 3.8) is 0 Å². The quantitative estimate of drug-likeness (QED) is 0.721. The second-order valence-corrected chi connectivity index (χ2v) is 6.32. The third-order valence-corrected chi connectivity index (χ3v) is 4.02. The van der Waals surface area contributed by atoms with Crippen LogP contribution in [0.15, 0.2) is 42.5 Å². The number of amides is 2. The molecule has 0 atom stereocenters. The third kappa shape index (κ3) is 6.96. The smallest absolute Gasteiger partial charge is 0.238 e. The second kappa shape index (κ2) is 9.99. The van der Waals surface area contributed by atoms with Crippen LogP contribution in [0.1, 0.15) is 12.5 Å². The zero-order valence-corrected chi connectivity index (χ0v) is 15.5. The first-order chi connectivity index (χ1) is 12.9. The van der Waals surface area contributed by atoms with Crippen molar-refractivity contribution in [2.75, 3.05) is 25.0 Å². The van der Waals surface area contributed by atoms with Crippen molar-refractivity contribution in [1.82, 2.24) is 10.2 Å². The number of hydrogen-bond acceptors (Lipinski definition) is 3. The van der Waals surface area contributed by atoms with Gasteiger partial charge >= 0.3 is 0 Å². The number of carbonyl (C=O) groups is 2. The van der Waals surface area contributed by atoms with E-state index in [-0.39, 0.29) is 37.0 Å².